The Hall–Kier alpha value is -0.340. The van der Waals surface area contributed by atoms with E-state index >= 15 is 0 Å². The highest BCUT2D eigenvalue weighted by Crippen LogP contribution is 2.23. The van der Waals surface area contributed by atoms with E-state index in [0.717, 1.165) is 0 Å². The number of hydrogen-bond donors (Lipinski definition) is 1. The maximum atomic E-state index is 12.0. The first-order valence-electron chi connectivity index (χ1n) is 6.86. The maximum Gasteiger partial charge on any atom is 0.389 e. The van der Waals surface area contributed by atoms with E-state index in [1.807, 2.05) is 6.92 Å². The van der Waals surface area contributed by atoms with E-state index in [2.05, 4.69) is 5.32 Å². The van der Waals surface area contributed by atoms with Crippen LogP contribution in [0.15, 0.2) is 0 Å². The molecule has 0 aliphatic carbocycles. The SMILES string of the molecule is CC(CCCC(F)(F)F)NC1CCN(S(C)(=O)=O)CC1. The molecule has 0 aromatic rings. The maximum absolute atomic E-state index is 12.0. The van der Waals surface area contributed by atoms with Crippen LogP contribution in [0.4, 0.5) is 13.2 Å². The molecule has 120 valence electrons. The average Bonchev–Trinajstić information content (AvgIpc) is 2.26. The fourth-order valence-electron chi connectivity index (χ4n) is 2.45. The molecule has 1 aliphatic rings. The van der Waals surface area contributed by atoms with Crippen molar-refractivity contribution in [2.75, 3.05) is 19.3 Å². The Morgan fingerprint density at radius 2 is 1.85 bits per heavy atom. The van der Waals surface area contributed by atoms with Gasteiger partial charge in [0.15, 0.2) is 0 Å². The summed E-state index contributed by atoms with van der Waals surface area (Å²) in [5.74, 6) is 0. The van der Waals surface area contributed by atoms with E-state index < -0.39 is 22.6 Å². The molecular weight excluding hydrogens is 293 g/mol. The van der Waals surface area contributed by atoms with Crippen LogP contribution in [-0.2, 0) is 10.0 Å². The van der Waals surface area contributed by atoms with Crippen LogP contribution >= 0.6 is 0 Å². The number of sulfonamides is 1. The third-order valence-corrected chi connectivity index (χ3v) is 4.84. The molecule has 1 rings (SSSR count). The summed E-state index contributed by atoms with van der Waals surface area (Å²) in [7, 11) is -3.13. The summed E-state index contributed by atoms with van der Waals surface area (Å²) in [5.41, 5.74) is 0. The minimum Gasteiger partial charge on any atom is -0.311 e. The van der Waals surface area contributed by atoms with Crippen molar-refractivity contribution in [1.82, 2.24) is 9.62 Å². The van der Waals surface area contributed by atoms with Gasteiger partial charge in [-0.1, -0.05) is 0 Å². The monoisotopic (exact) mass is 316 g/mol. The fraction of sp³-hybridized carbons (Fsp3) is 1.00. The second kappa shape index (κ2) is 7.09. The number of halogens is 3. The molecule has 1 saturated heterocycles. The van der Waals surface area contributed by atoms with Gasteiger partial charge in [-0.05, 0) is 32.6 Å². The molecule has 0 saturated carbocycles. The van der Waals surface area contributed by atoms with Crippen molar-refractivity contribution >= 4 is 10.0 Å². The van der Waals surface area contributed by atoms with Gasteiger partial charge in [0, 0.05) is 31.6 Å². The van der Waals surface area contributed by atoms with Crippen LogP contribution in [0, 0.1) is 0 Å². The molecular formula is C12H23F3N2O2S. The van der Waals surface area contributed by atoms with Crippen LogP contribution in [0.3, 0.4) is 0 Å². The molecule has 20 heavy (non-hydrogen) atoms. The lowest BCUT2D eigenvalue weighted by atomic mass is 10.0. The van der Waals surface area contributed by atoms with Gasteiger partial charge < -0.3 is 5.32 Å². The van der Waals surface area contributed by atoms with E-state index in [1.165, 1.54) is 10.6 Å². The zero-order valence-electron chi connectivity index (χ0n) is 11.9. The van der Waals surface area contributed by atoms with E-state index in [-0.39, 0.29) is 18.5 Å². The van der Waals surface area contributed by atoms with Crippen LogP contribution in [0.2, 0.25) is 0 Å². The largest absolute Gasteiger partial charge is 0.389 e. The van der Waals surface area contributed by atoms with E-state index in [9.17, 15) is 21.6 Å². The Morgan fingerprint density at radius 1 is 1.30 bits per heavy atom. The normalized spacial score (nSPS) is 21.1. The Labute approximate surface area is 118 Å². The van der Waals surface area contributed by atoms with E-state index in [1.54, 1.807) is 0 Å². The average molecular weight is 316 g/mol. The number of rotatable bonds is 6. The first kappa shape index (κ1) is 17.7. The lowest BCUT2D eigenvalue weighted by molar-refractivity contribution is -0.135. The Morgan fingerprint density at radius 3 is 2.30 bits per heavy atom. The van der Waals surface area contributed by atoms with E-state index in [0.29, 0.717) is 32.4 Å². The van der Waals surface area contributed by atoms with Crippen molar-refractivity contribution in [3.8, 4) is 0 Å². The van der Waals surface area contributed by atoms with Gasteiger partial charge in [-0.3, -0.25) is 0 Å². The predicted molar refractivity (Wildman–Crippen MR) is 71.9 cm³/mol. The fourth-order valence-corrected chi connectivity index (χ4v) is 3.32. The molecule has 4 nitrogen and oxygen atoms in total. The van der Waals surface area contributed by atoms with Crippen molar-refractivity contribution < 1.29 is 21.6 Å². The highest BCUT2D eigenvalue weighted by atomic mass is 32.2. The second-order valence-electron chi connectivity index (χ2n) is 5.51. The molecule has 1 heterocycles. The van der Waals surface area contributed by atoms with Crippen LogP contribution < -0.4 is 5.32 Å². The lowest BCUT2D eigenvalue weighted by Gasteiger charge is -2.32. The second-order valence-corrected chi connectivity index (χ2v) is 7.49. The van der Waals surface area contributed by atoms with Gasteiger partial charge in [0.05, 0.1) is 6.26 Å². The number of nitrogens with one attached hydrogen (secondary N) is 1. The van der Waals surface area contributed by atoms with Crippen molar-refractivity contribution in [2.45, 2.75) is 57.3 Å². The highest BCUT2D eigenvalue weighted by molar-refractivity contribution is 7.88. The minimum atomic E-state index is -4.08. The van der Waals surface area contributed by atoms with Gasteiger partial charge in [0.25, 0.3) is 0 Å². The Kier molecular flexibility index (Phi) is 6.27. The zero-order chi connectivity index (χ0) is 15.4. The zero-order valence-corrected chi connectivity index (χ0v) is 12.7. The quantitative estimate of drug-likeness (QED) is 0.816. The molecule has 0 radical (unpaired) electrons. The molecule has 0 aromatic heterocycles. The molecule has 0 bridgehead atoms. The van der Waals surface area contributed by atoms with Gasteiger partial charge in [-0.25, -0.2) is 12.7 Å². The number of nitrogens with zero attached hydrogens (tertiary/aromatic N) is 1. The van der Waals surface area contributed by atoms with Crippen molar-refractivity contribution in [2.24, 2.45) is 0 Å². The van der Waals surface area contributed by atoms with E-state index in [4.69, 9.17) is 0 Å². The minimum absolute atomic E-state index is 0.0205. The van der Waals surface area contributed by atoms with Gasteiger partial charge in [0.2, 0.25) is 10.0 Å². The van der Waals surface area contributed by atoms with Crippen LogP contribution in [0.5, 0.6) is 0 Å². The summed E-state index contributed by atoms with van der Waals surface area (Å²) in [6.07, 6.45) is -1.62. The number of hydrogen-bond acceptors (Lipinski definition) is 3. The Bertz CT molecular complexity index is 390. The smallest absolute Gasteiger partial charge is 0.311 e. The van der Waals surface area contributed by atoms with Crippen molar-refractivity contribution in [3.05, 3.63) is 0 Å². The molecule has 1 unspecified atom stereocenters. The molecule has 1 atom stereocenters. The lowest BCUT2D eigenvalue weighted by Crippen LogP contribution is -2.46. The summed E-state index contributed by atoms with van der Waals surface area (Å²) < 4.78 is 60.3. The number of piperidine rings is 1. The first-order valence-corrected chi connectivity index (χ1v) is 8.70. The molecule has 0 spiro atoms. The molecule has 0 aromatic carbocycles. The topological polar surface area (TPSA) is 49.4 Å². The summed E-state index contributed by atoms with van der Waals surface area (Å²) in [5, 5.41) is 3.29. The van der Waals surface area contributed by atoms with Crippen molar-refractivity contribution in [1.29, 1.82) is 0 Å². The summed E-state index contributed by atoms with van der Waals surface area (Å²) in [4.78, 5) is 0. The molecule has 0 amide bonds. The van der Waals surface area contributed by atoms with Crippen LogP contribution in [0.1, 0.15) is 39.0 Å². The first-order chi connectivity index (χ1) is 9.08. The summed E-state index contributed by atoms with van der Waals surface area (Å²) in [6, 6.07) is 0.209. The van der Waals surface area contributed by atoms with Gasteiger partial charge in [-0.15, -0.1) is 0 Å². The van der Waals surface area contributed by atoms with Gasteiger partial charge in [-0.2, -0.15) is 13.2 Å². The molecule has 1 N–H and O–H groups in total. The van der Waals surface area contributed by atoms with Crippen molar-refractivity contribution in [3.63, 3.8) is 0 Å². The number of alkyl halides is 3. The Balaban J connectivity index is 2.23. The summed E-state index contributed by atoms with van der Waals surface area (Å²) in [6.45, 7) is 2.83. The van der Waals surface area contributed by atoms with Crippen LogP contribution in [-0.4, -0.2) is 50.3 Å². The molecule has 8 heteroatoms. The van der Waals surface area contributed by atoms with Crippen LogP contribution in [0.25, 0.3) is 0 Å². The molecule has 1 fully saturated rings. The van der Waals surface area contributed by atoms with Gasteiger partial charge >= 0.3 is 6.18 Å². The highest BCUT2D eigenvalue weighted by Gasteiger charge is 2.27. The van der Waals surface area contributed by atoms with Gasteiger partial charge in [0.1, 0.15) is 0 Å². The molecule has 1 aliphatic heterocycles. The third-order valence-electron chi connectivity index (χ3n) is 3.54. The summed E-state index contributed by atoms with van der Waals surface area (Å²) >= 11 is 0. The third kappa shape index (κ3) is 6.90. The predicted octanol–water partition coefficient (Wildman–Crippen LogP) is 2.12. The standard InChI is InChI=1S/C12H23F3N2O2S/c1-10(4-3-7-12(13,14)15)16-11-5-8-17(9-6-11)20(2,18)19/h10-11,16H,3-9H2,1-2H3.